The maximum atomic E-state index is 13.1. The predicted octanol–water partition coefficient (Wildman–Crippen LogP) is 4.02. The van der Waals surface area contributed by atoms with Gasteiger partial charge in [-0.05, 0) is 90.6 Å². The van der Waals surface area contributed by atoms with E-state index in [2.05, 4.69) is 51.0 Å². The Kier molecular flexibility index (Phi) is 4.45. The molecule has 3 aliphatic carbocycles. The Balaban J connectivity index is 1.29. The van der Waals surface area contributed by atoms with Crippen LogP contribution in [0.25, 0.3) is 0 Å². The third-order valence-electron chi connectivity index (χ3n) is 8.59. The van der Waals surface area contributed by atoms with Crippen LogP contribution < -0.4 is 10.1 Å². The van der Waals surface area contributed by atoms with Crippen molar-refractivity contribution in [2.45, 2.75) is 49.3 Å². The maximum absolute atomic E-state index is 13.1. The van der Waals surface area contributed by atoms with Crippen molar-refractivity contribution in [3.63, 3.8) is 0 Å². The molecule has 2 N–H and O–H groups in total. The van der Waals surface area contributed by atoms with E-state index in [1.165, 1.54) is 30.5 Å². The number of hydrogen-bond acceptors (Lipinski definition) is 4. The zero-order chi connectivity index (χ0) is 22.3. The van der Waals surface area contributed by atoms with E-state index in [0.717, 1.165) is 28.9 Å². The number of carbonyl (C=O) groups is 1. The molecule has 1 saturated carbocycles. The number of ether oxygens (including phenoxy) is 1. The number of rotatable bonds is 4. The van der Waals surface area contributed by atoms with Crippen LogP contribution in [0, 0.1) is 15.4 Å². The van der Waals surface area contributed by atoms with Gasteiger partial charge in [0.15, 0.2) is 11.5 Å². The summed E-state index contributed by atoms with van der Waals surface area (Å²) < 4.78 is 7.61. The Bertz CT molecular complexity index is 1190. The number of likely N-dealkylation sites (tertiary alicyclic amines) is 1. The average molecular weight is 554 g/mol. The molecule has 5 nitrogen and oxygen atoms in total. The summed E-state index contributed by atoms with van der Waals surface area (Å²) in [4.78, 5) is 15.9. The molecule has 2 bridgehead atoms. The number of phenolic OH excluding ortho intramolecular Hbond substituents is 1. The summed E-state index contributed by atoms with van der Waals surface area (Å²) in [6.45, 7) is 2.25. The zero-order valence-electron chi connectivity index (χ0n) is 18.3. The number of nitrogens with zero attached hydrogens (tertiary/aromatic N) is 1. The summed E-state index contributed by atoms with van der Waals surface area (Å²) in [6, 6.07) is 11.8. The Morgan fingerprint density at radius 1 is 1.24 bits per heavy atom. The standard InChI is InChI=1S/C27H27IN2O3/c28-18-3-1-2-17(12-18)26(32)29-20-8-7-19-21-13-16-6-9-22(31)24-23(16)27(19,25(20)33-24)10-11-30(21)14-15-4-5-15/h1-3,6-9,12,15,19-21,25,31H,4-5,10-11,13-14H2,(H,29,32)/t19?,20-,21-,25+,27+/m1/s1. The molecule has 1 spiro atoms. The predicted molar refractivity (Wildman–Crippen MR) is 134 cm³/mol. The quantitative estimate of drug-likeness (QED) is 0.443. The van der Waals surface area contributed by atoms with E-state index >= 15 is 0 Å². The Morgan fingerprint density at radius 3 is 2.94 bits per heavy atom. The summed E-state index contributed by atoms with van der Waals surface area (Å²) in [7, 11) is 0. The molecule has 0 radical (unpaired) electrons. The number of benzene rings is 2. The number of aromatic hydroxyl groups is 1. The van der Waals surface area contributed by atoms with Crippen LogP contribution in [0.1, 0.15) is 40.7 Å². The van der Waals surface area contributed by atoms with Gasteiger partial charge in [0.25, 0.3) is 5.91 Å². The van der Waals surface area contributed by atoms with Crippen molar-refractivity contribution in [1.29, 1.82) is 0 Å². The molecule has 2 fully saturated rings. The normalized spacial score (nSPS) is 33.4. The van der Waals surface area contributed by atoms with Gasteiger partial charge in [-0.2, -0.15) is 0 Å². The Morgan fingerprint density at radius 2 is 2.12 bits per heavy atom. The minimum atomic E-state index is -0.236. The first-order valence-electron chi connectivity index (χ1n) is 12.1. The van der Waals surface area contributed by atoms with E-state index in [9.17, 15) is 9.90 Å². The highest BCUT2D eigenvalue weighted by atomic mass is 127. The van der Waals surface area contributed by atoms with Crippen LogP contribution in [-0.4, -0.2) is 47.2 Å². The third-order valence-corrected chi connectivity index (χ3v) is 9.26. The molecule has 1 unspecified atom stereocenters. The summed E-state index contributed by atoms with van der Waals surface area (Å²) in [5.74, 6) is 1.99. The lowest BCUT2D eigenvalue weighted by Gasteiger charge is -2.57. The fourth-order valence-corrected chi connectivity index (χ4v) is 7.55. The first-order chi connectivity index (χ1) is 16.0. The smallest absolute Gasteiger partial charge is 0.251 e. The fourth-order valence-electron chi connectivity index (χ4n) is 7.00. The Hall–Kier alpha value is -2.06. The van der Waals surface area contributed by atoms with Crippen LogP contribution in [0.15, 0.2) is 48.6 Å². The third kappa shape index (κ3) is 2.95. The number of amides is 1. The van der Waals surface area contributed by atoms with Gasteiger partial charge in [0, 0.05) is 38.6 Å². The monoisotopic (exact) mass is 554 g/mol. The van der Waals surface area contributed by atoms with Gasteiger partial charge in [-0.25, -0.2) is 0 Å². The van der Waals surface area contributed by atoms with Crippen molar-refractivity contribution in [1.82, 2.24) is 10.2 Å². The minimum Gasteiger partial charge on any atom is -0.504 e. The molecule has 2 aromatic carbocycles. The van der Waals surface area contributed by atoms with E-state index in [4.69, 9.17) is 4.74 Å². The molecule has 6 heteroatoms. The van der Waals surface area contributed by atoms with Gasteiger partial charge in [0.1, 0.15) is 6.10 Å². The zero-order valence-corrected chi connectivity index (χ0v) is 20.5. The molecule has 1 saturated heterocycles. The molecular formula is C27H27IN2O3. The first kappa shape index (κ1) is 20.3. The lowest BCUT2D eigenvalue weighted by molar-refractivity contribution is -0.0203. The lowest BCUT2D eigenvalue weighted by atomic mass is 9.53. The summed E-state index contributed by atoms with van der Waals surface area (Å²) >= 11 is 2.23. The molecule has 2 aromatic rings. The second-order valence-electron chi connectivity index (χ2n) is 10.4. The van der Waals surface area contributed by atoms with E-state index in [1.54, 1.807) is 6.07 Å². The van der Waals surface area contributed by atoms with Crippen LogP contribution >= 0.6 is 22.6 Å². The Labute approximate surface area is 207 Å². The van der Waals surface area contributed by atoms with Crippen LogP contribution in [0.5, 0.6) is 11.5 Å². The maximum Gasteiger partial charge on any atom is 0.251 e. The van der Waals surface area contributed by atoms with Crippen LogP contribution in [0.3, 0.4) is 0 Å². The average Bonchev–Trinajstić information content (AvgIpc) is 3.55. The molecule has 5 aliphatic rings. The second-order valence-corrected chi connectivity index (χ2v) is 11.7. The van der Waals surface area contributed by atoms with E-state index in [0.29, 0.717) is 23.3 Å². The topological polar surface area (TPSA) is 61.8 Å². The highest BCUT2D eigenvalue weighted by molar-refractivity contribution is 14.1. The number of halogens is 1. The van der Waals surface area contributed by atoms with Crippen molar-refractivity contribution >= 4 is 28.5 Å². The van der Waals surface area contributed by atoms with Gasteiger partial charge >= 0.3 is 0 Å². The van der Waals surface area contributed by atoms with Gasteiger partial charge in [-0.15, -0.1) is 0 Å². The highest BCUT2D eigenvalue weighted by Gasteiger charge is 2.64. The van der Waals surface area contributed by atoms with Crippen LogP contribution in [0.2, 0.25) is 0 Å². The van der Waals surface area contributed by atoms with Gasteiger partial charge < -0.3 is 15.2 Å². The number of carbonyl (C=O) groups excluding carboxylic acids is 1. The molecule has 2 aliphatic heterocycles. The number of hydrogen-bond donors (Lipinski definition) is 2. The van der Waals surface area contributed by atoms with Crippen molar-refractivity contribution in [2.24, 2.45) is 11.8 Å². The van der Waals surface area contributed by atoms with Gasteiger partial charge in [-0.1, -0.05) is 24.3 Å². The fraction of sp³-hybridized carbons (Fsp3) is 0.444. The molecule has 0 aromatic heterocycles. The molecule has 2 heterocycles. The first-order valence-corrected chi connectivity index (χ1v) is 13.1. The van der Waals surface area contributed by atoms with Gasteiger partial charge in [0.05, 0.1) is 6.04 Å². The van der Waals surface area contributed by atoms with E-state index in [1.807, 2.05) is 24.3 Å². The van der Waals surface area contributed by atoms with Crippen molar-refractivity contribution in [2.75, 3.05) is 13.1 Å². The number of nitrogens with one attached hydrogen (secondary N) is 1. The summed E-state index contributed by atoms with van der Waals surface area (Å²) in [5, 5.41) is 14.0. The number of phenols is 1. The molecular weight excluding hydrogens is 527 g/mol. The van der Waals surface area contributed by atoms with Crippen LogP contribution in [-0.2, 0) is 11.8 Å². The molecule has 1 amide bonds. The molecule has 7 rings (SSSR count). The minimum absolute atomic E-state index is 0.0828. The molecule has 170 valence electrons. The summed E-state index contributed by atoms with van der Waals surface area (Å²) in [6.07, 6.45) is 9.03. The molecule has 5 atom stereocenters. The van der Waals surface area contributed by atoms with Gasteiger partial charge in [-0.3, -0.25) is 9.69 Å². The number of piperidine rings is 1. The van der Waals surface area contributed by atoms with Crippen molar-refractivity contribution in [3.05, 3.63) is 68.8 Å². The SMILES string of the molecule is O=C(N[C@@H]1C=CC2[C@H]3Cc4ccc(O)c5c4[C@@]2(CCN3CC2CC2)[C@H]1O5)c1cccc(I)c1. The largest absolute Gasteiger partial charge is 0.504 e. The van der Waals surface area contributed by atoms with E-state index in [-0.39, 0.29) is 29.2 Å². The van der Waals surface area contributed by atoms with Crippen LogP contribution in [0.4, 0.5) is 0 Å². The second kappa shape index (κ2) is 7.22. The van der Waals surface area contributed by atoms with Gasteiger partial charge in [0.2, 0.25) is 0 Å². The molecule has 33 heavy (non-hydrogen) atoms. The lowest BCUT2D eigenvalue weighted by Crippen LogP contribution is -2.67. The van der Waals surface area contributed by atoms with Crippen molar-refractivity contribution < 1.29 is 14.6 Å². The van der Waals surface area contributed by atoms with Crippen molar-refractivity contribution in [3.8, 4) is 11.5 Å². The van der Waals surface area contributed by atoms with E-state index < -0.39 is 0 Å². The highest BCUT2D eigenvalue weighted by Crippen LogP contribution is 2.62. The summed E-state index contributed by atoms with van der Waals surface area (Å²) in [5.41, 5.74) is 2.99.